The van der Waals surface area contributed by atoms with Crippen LogP contribution in [0.25, 0.3) is 11.0 Å². The van der Waals surface area contributed by atoms with Gasteiger partial charge in [-0.1, -0.05) is 41.7 Å². The maximum Gasteiger partial charge on any atom is 0.297 e. The van der Waals surface area contributed by atoms with E-state index in [0.717, 1.165) is 28.0 Å². The molecule has 1 aliphatic rings. The smallest absolute Gasteiger partial charge is 0.297 e. The largest absolute Gasteiger partial charge is 0.450 e. The van der Waals surface area contributed by atoms with Crippen molar-refractivity contribution in [3.63, 3.8) is 0 Å². The minimum absolute atomic E-state index is 0.0248. The number of nitrogens with zero attached hydrogens (tertiary/aromatic N) is 2. The molecule has 160 valence electrons. The van der Waals surface area contributed by atoms with Crippen LogP contribution in [0.5, 0.6) is 0 Å². The van der Waals surface area contributed by atoms with Crippen molar-refractivity contribution in [2.24, 2.45) is 0 Å². The van der Waals surface area contributed by atoms with Gasteiger partial charge in [0.15, 0.2) is 16.3 Å². The Morgan fingerprint density at radius 3 is 2.41 bits per heavy atom. The summed E-state index contributed by atoms with van der Waals surface area (Å²) in [6.45, 7) is 7.09. The molecule has 2 aromatic heterocycles. The Morgan fingerprint density at radius 1 is 1.06 bits per heavy atom. The number of ketones is 1. The molecular weight excluding hydrogens is 424 g/mol. The van der Waals surface area contributed by atoms with E-state index in [-0.39, 0.29) is 17.0 Å². The summed E-state index contributed by atoms with van der Waals surface area (Å²) in [6, 6.07) is 12.3. The molecule has 32 heavy (non-hydrogen) atoms. The summed E-state index contributed by atoms with van der Waals surface area (Å²) < 4.78 is 6.04. The summed E-state index contributed by atoms with van der Waals surface area (Å²) in [5.41, 5.74) is 3.74. The third-order valence-corrected chi connectivity index (χ3v) is 7.17. The zero-order chi connectivity index (χ0) is 22.7. The molecule has 0 bridgehead atoms. The van der Waals surface area contributed by atoms with Crippen LogP contribution in [0.2, 0.25) is 0 Å². The Morgan fingerprint density at radius 2 is 1.75 bits per heavy atom. The van der Waals surface area contributed by atoms with Crippen LogP contribution in [0.4, 0.5) is 5.13 Å². The fourth-order valence-electron chi connectivity index (χ4n) is 4.19. The zero-order valence-corrected chi connectivity index (χ0v) is 18.9. The molecule has 3 heterocycles. The van der Waals surface area contributed by atoms with Crippen LogP contribution in [0.3, 0.4) is 0 Å². The first-order valence-corrected chi connectivity index (χ1v) is 11.0. The van der Waals surface area contributed by atoms with E-state index in [2.05, 4.69) is 4.98 Å². The van der Waals surface area contributed by atoms with Gasteiger partial charge in [-0.3, -0.25) is 19.3 Å². The molecule has 0 spiro atoms. The van der Waals surface area contributed by atoms with Crippen LogP contribution in [0.15, 0.2) is 51.7 Å². The lowest BCUT2D eigenvalue weighted by Crippen LogP contribution is -2.29. The van der Waals surface area contributed by atoms with E-state index in [9.17, 15) is 14.4 Å². The number of Topliss-reactive ketones (excluding diaryl/α,β-unsaturated/α-hetero) is 1. The predicted molar refractivity (Wildman–Crippen MR) is 124 cm³/mol. The first-order valence-electron chi connectivity index (χ1n) is 10.2. The molecule has 6 nitrogen and oxygen atoms in total. The number of benzene rings is 2. The SMILES string of the molecule is CC(=O)c1sc(N2C(=O)c3oc4cc(C)c(C)cc4c(=O)c3C2c2ccccc2)nc1C. The van der Waals surface area contributed by atoms with Crippen molar-refractivity contribution in [1.29, 1.82) is 0 Å². The second kappa shape index (κ2) is 7.24. The molecule has 7 heteroatoms. The maximum absolute atomic E-state index is 13.7. The molecule has 5 rings (SSSR count). The van der Waals surface area contributed by atoms with Gasteiger partial charge in [0.25, 0.3) is 5.91 Å². The Hall–Kier alpha value is -3.58. The number of carbonyl (C=O) groups is 2. The number of aromatic nitrogens is 1. The Balaban J connectivity index is 1.82. The third kappa shape index (κ3) is 2.92. The molecule has 4 aromatic rings. The van der Waals surface area contributed by atoms with Gasteiger partial charge < -0.3 is 4.42 Å². The van der Waals surface area contributed by atoms with Gasteiger partial charge in [-0.05, 0) is 49.6 Å². The molecule has 0 N–H and O–H groups in total. The van der Waals surface area contributed by atoms with Gasteiger partial charge in [0.2, 0.25) is 5.76 Å². The number of thiazole rings is 1. The highest BCUT2D eigenvalue weighted by Gasteiger charge is 2.45. The number of hydrogen-bond acceptors (Lipinski definition) is 6. The van der Waals surface area contributed by atoms with Crippen LogP contribution in [0, 0.1) is 20.8 Å². The topological polar surface area (TPSA) is 80.5 Å². The van der Waals surface area contributed by atoms with E-state index in [1.165, 1.54) is 11.8 Å². The lowest BCUT2D eigenvalue weighted by molar-refractivity contribution is 0.0969. The van der Waals surface area contributed by atoms with Gasteiger partial charge in [-0.25, -0.2) is 4.98 Å². The Labute approximate surface area is 188 Å². The maximum atomic E-state index is 13.7. The molecule has 0 aliphatic carbocycles. The molecule has 0 radical (unpaired) electrons. The van der Waals surface area contributed by atoms with Gasteiger partial charge in [-0.2, -0.15) is 0 Å². The van der Waals surface area contributed by atoms with Crippen LogP contribution in [-0.4, -0.2) is 16.7 Å². The molecule has 1 atom stereocenters. The predicted octanol–water partition coefficient (Wildman–Crippen LogP) is 5.13. The quantitative estimate of drug-likeness (QED) is 0.409. The molecule has 0 fully saturated rings. The minimum Gasteiger partial charge on any atom is -0.450 e. The fourth-order valence-corrected chi connectivity index (χ4v) is 5.18. The molecule has 1 aliphatic heterocycles. The minimum atomic E-state index is -0.689. The highest BCUT2D eigenvalue weighted by atomic mass is 32.1. The van der Waals surface area contributed by atoms with Gasteiger partial charge in [0, 0.05) is 6.92 Å². The summed E-state index contributed by atoms with van der Waals surface area (Å²) >= 11 is 1.15. The van der Waals surface area contributed by atoms with E-state index in [1.807, 2.05) is 50.2 Å². The van der Waals surface area contributed by atoms with E-state index in [0.29, 0.717) is 32.2 Å². The zero-order valence-electron chi connectivity index (χ0n) is 18.1. The number of carbonyl (C=O) groups excluding carboxylic acids is 2. The molecular formula is C25H20N2O4S. The molecule has 0 saturated carbocycles. The lowest BCUT2D eigenvalue weighted by Gasteiger charge is -2.22. The average molecular weight is 445 g/mol. The van der Waals surface area contributed by atoms with Crippen LogP contribution in [0.1, 0.15) is 61.1 Å². The number of hydrogen-bond donors (Lipinski definition) is 0. The van der Waals surface area contributed by atoms with Gasteiger partial charge in [-0.15, -0.1) is 0 Å². The second-order valence-corrected chi connectivity index (χ2v) is 9.04. The number of rotatable bonds is 3. The van der Waals surface area contributed by atoms with Gasteiger partial charge >= 0.3 is 0 Å². The Kier molecular flexibility index (Phi) is 4.60. The third-order valence-electron chi connectivity index (χ3n) is 5.91. The first-order chi connectivity index (χ1) is 15.3. The number of amides is 1. The van der Waals surface area contributed by atoms with Crippen molar-refractivity contribution in [1.82, 2.24) is 4.98 Å². The summed E-state index contributed by atoms with van der Waals surface area (Å²) in [5, 5.41) is 0.816. The monoisotopic (exact) mass is 444 g/mol. The standard InChI is InChI=1S/C25H20N2O4S/c1-12-10-17-18(11-13(12)2)31-22-19(21(17)29)20(16-8-6-5-7-9-16)27(24(22)30)25-26-14(3)23(32-25)15(4)28/h5-11,20H,1-4H3. The number of aryl methyl sites for hydroxylation is 3. The van der Waals surface area contributed by atoms with E-state index < -0.39 is 11.9 Å². The van der Waals surface area contributed by atoms with Crippen LogP contribution in [-0.2, 0) is 0 Å². The Bertz CT molecular complexity index is 1480. The summed E-state index contributed by atoms with van der Waals surface area (Å²) in [6.07, 6.45) is 0. The average Bonchev–Trinajstić information content (AvgIpc) is 3.28. The van der Waals surface area contributed by atoms with Crippen LogP contribution >= 0.6 is 11.3 Å². The van der Waals surface area contributed by atoms with E-state index in [1.54, 1.807) is 13.0 Å². The second-order valence-electron chi connectivity index (χ2n) is 8.06. The highest BCUT2D eigenvalue weighted by Crippen LogP contribution is 2.43. The summed E-state index contributed by atoms with van der Waals surface area (Å²) in [4.78, 5) is 45.8. The van der Waals surface area contributed by atoms with E-state index in [4.69, 9.17) is 4.42 Å². The van der Waals surface area contributed by atoms with Crippen molar-refractivity contribution >= 4 is 39.1 Å². The highest BCUT2D eigenvalue weighted by molar-refractivity contribution is 7.17. The van der Waals surface area contributed by atoms with Crippen molar-refractivity contribution in [3.05, 3.63) is 91.3 Å². The van der Waals surface area contributed by atoms with Crippen LogP contribution < -0.4 is 10.3 Å². The number of anilines is 1. The van der Waals surface area contributed by atoms with Crippen molar-refractivity contribution in [2.45, 2.75) is 33.7 Å². The molecule has 1 amide bonds. The van der Waals surface area contributed by atoms with Crippen molar-refractivity contribution in [3.8, 4) is 0 Å². The molecule has 2 aromatic carbocycles. The first kappa shape index (κ1) is 20.3. The number of fused-ring (bicyclic) bond motifs is 2. The lowest BCUT2D eigenvalue weighted by atomic mass is 9.98. The van der Waals surface area contributed by atoms with Gasteiger partial charge in [0.05, 0.1) is 27.6 Å². The molecule has 1 unspecified atom stereocenters. The summed E-state index contributed by atoms with van der Waals surface area (Å²) in [5.74, 6) is -0.524. The van der Waals surface area contributed by atoms with Gasteiger partial charge in [0.1, 0.15) is 5.58 Å². The van der Waals surface area contributed by atoms with E-state index >= 15 is 0 Å². The molecule has 0 saturated heterocycles. The fraction of sp³-hybridized carbons (Fsp3) is 0.200. The van der Waals surface area contributed by atoms with Crippen molar-refractivity contribution in [2.75, 3.05) is 4.90 Å². The summed E-state index contributed by atoms with van der Waals surface area (Å²) in [7, 11) is 0. The van der Waals surface area contributed by atoms with Crippen molar-refractivity contribution < 1.29 is 14.0 Å². The normalized spacial score (nSPS) is 15.4.